The Morgan fingerprint density at radius 2 is 1.87 bits per heavy atom. The Kier molecular flexibility index (Phi) is 6.34. The smallest absolute Gasteiger partial charge is 1.00 e. The zero-order chi connectivity index (χ0) is 10.8. The van der Waals surface area contributed by atoms with E-state index >= 15 is 0 Å². The summed E-state index contributed by atoms with van der Waals surface area (Å²) in [7, 11) is -1.50. The third-order valence-electron chi connectivity index (χ3n) is 1.65. The Morgan fingerprint density at radius 3 is 2.27 bits per heavy atom. The first-order valence-corrected chi connectivity index (χ1v) is 5.12. The van der Waals surface area contributed by atoms with Gasteiger partial charge in [-0.25, -0.2) is 0 Å². The summed E-state index contributed by atoms with van der Waals surface area (Å²) in [5.74, 6) is 0.501. The fourth-order valence-corrected chi connectivity index (χ4v) is 1.62. The molecule has 0 heterocycles. The number of methoxy groups -OCH3 is 2. The molecule has 0 aliphatic carbocycles. The quantitative estimate of drug-likeness (QED) is 0.505. The van der Waals surface area contributed by atoms with Gasteiger partial charge in [0.15, 0.2) is 0 Å². The molecule has 0 unspecified atom stereocenters. The monoisotopic (exact) mass is 258 g/mol. The maximum Gasteiger partial charge on any atom is 1.00 e. The van der Waals surface area contributed by atoms with Crippen LogP contribution in [-0.2, 0) is 10.1 Å². The van der Waals surface area contributed by atoms with E-state index in [-0.39, 0.29) is 63.5 Å². The van der Waals surface area contributed by atoms with Gasteiger partial charge < -0.3 is 10.9 Å². The van der Waals surface area contributed by atoms with Gasteiger partial charge in [-0.1, -0.05) is 0 Å². The molecular weight excluding hydrogens is 247 g/mol. The zero-order valence-corrected chi connectivity index (χ0v) is 12.7. The van der Waals surface area contributed by atoms with Crippen molar-refractivity contribution in [3.63, 3.8) is 0 Å². The van der Waals surface area contributed by atoms with Gasteiger partial charge in [0.1, 0.15) is 16.4 Å². The molecule has 0 fully saturated rings. The van der Waals surface area contributed by atoms with E-state index in [2.05, 4.69) is 0 Å². The minimum absolute atomic E-state index is 0. The molecule has 1 rings (SSSR count). The van der Waals surface area contributed by atoms with Gasteiger partial charge in [0, 0.05) is 6.07 Å². The molecule has 1 aromatic carbocycles. The molecular formula is C8H11KO5S. The molecule has 0 aromatic heterocycles. The number of benzene rings is 1. The Balaban J connectivity index is 0. The molecule has 0 radical (unpaired) electrons. The molecule has 0 bridgehead atoms. The minimum atomic E-state index is -4.25. The molecule has 7 heteroatoms. The van der Waals surface area contributed by atoms with Crippen LogP contribution in [0.4, 0.5) is 0 Å². The summed E-state index contributed by atoms with van der Waals surface area (Å²) in [6.45, 7) is 0. The van der Waals surface area contributed by atoms with Crippen molar-refractivity contribution >= 4 is 10.1 Å². The molecule has 15 heavy (non-hydrogen) atoms. The number of hydrogen-bond acceptors (Lipinski definition) is 4. The van der Waals surface area contributed by atoms with Crippen molar-refractivity contribution in [1.29, 1.82) is 0 Å². The maximum atomic E-state index is 10.8. The van der Waals surface area contributed by atoms with E-state index in [0.717, 1.165) is 0 Å². The Labute approximate surface area is 132 Å². The van der Waals surface area contributed by atoms with E-state index in [4.69, 9.17) is 14.0 Å². The van der Waals surface area contributed by atoms with Crippen LogP contribution in [-0.4, -0.2) is 27.2 Å². The molecule has 5 nitrogen and oxygen atoms in total. The van der Waals surface area contributed by atoms with Crippen molar-refractivity contribution in [2.24, 2.45) is 0 Å². The number of rotatable bonds is 3. The number of ether oxygens (including phenoxy) is 2. The summed E-state index contributed by atoms with van der Waals surface area (Å²) in [6, 6.07) is 4.02. The van der Waals surface area contributed by atoms with Crippen LogP contribution in [0, 0.1) is 0 Å². The van der Waals surface area contributed by atoms with Crippen molar-refractivity contribution in [3.8, 4) is 11.5 Å². The molecule has 1 aromatic rings. The molecule has 0 saturated heterocycles. The van der Waals surface area contributed by atoms with Crippen LogP contribution in [0.25, 0.3) is 0 Å². The molecule has 0 atom stereocenters. The molecule has 0 aliphatic heterocycles. The van der Waals surface area contributed by atoms with Crippen LogP contribution in [0.3, 0.4) is 0 Å². The van der Waals surface area contributed by atoms with Gasteiger partial charge in [0.05, 0.1) is 14.2 Å². The van der Waals surface area contributed by atoms with E-state index in [9.17, 15) is 8.42 Å². The van der Waals surface area contributed by atoms with Crippen LogP contribution in [0.15, 0.2) is 23.1 Å². The fourth-order valence-electron chi connectivity index (χ4n) is 0.988. The standard InChI is InChI=1S/C8H10O5S.K.H/c1-12-6-3-4-8(14(9,10)11)7(5-6)13-2;;/h3-5H,1-2H3,(H,9,10,11);;/q;+1;-1. The van der Waals surface area contributed by atoms with Crippen LogP contribution < -0.4 is 60.9 Å². The topological polar surface area (TPSA) is 72.8 Å². The van der Waals surface area contributed by atoms with Gasteiger partial charge in [-0.15, -0.1) is 0 Å². The number of hydrogen-bond donors (Lipinski definition) is 1. The van der Waals surface area contributed by atoms with E-state index in [1.165, 1.54) is 32.4 Å². The average molecular weight is 258 g/mol. The van der Waals surface area contributed by atoms with E-state index in [1.54, 1.807) is 0 Å². The van der Waals surface area contributed by atoms with E-state index in [1.807, 2.05) is 0 Å². The van der Waals surface area contributed by atoms with Crippen molar-refractivity contribution in [2.75, 3.05) is 14.2 Å². The minimum Gasteiger partial charge on any atom is -1.00 e. The Bertz CT molecular complexity index is 434. The first kappa shape index (κ1) is 15.4. The summed E-state index contributed by atoms with van der Waals surface area (Å²) < 4.78 is 40.2. The molecule has 0 aliphatic rings. The SMILES string of the molecule is COc1ccc(S(=O)(=O)O)c(OC)c1.[H-].[K+]. The zero-order valence-electron chi connectivity index (χ0n) is 9.72. The van der Waals surface area contributed by atoms with Crippen molar-refractivity contribution < 1.29 is 75.3 Å². The van der Waals surface area contributed by atoms with Crippen molar-refractivity contribution in [3.05, 3.63) is 18.2 Å². The Hall–Kier alpha value is 0.366. The largest absolute Gasteiger partial charge is 1.00 e. The predicted octanol–water partition coefficient (Wildman–Crippen LogP) is -1.93. The normalized spacial score (nSPS) is 10.3. The molecule has 1 N–H and O–H groups in total. The Morgan fingerprint density at radius 1 is 1.27 bits per heavy atom. The van der Waals surface area contributed by atoms with E-state index < -0.39 is 10.1 Å². The third-order valence-corrected chi connectivity index (χ3v) is 2.54. The van der Waals surface area contributed by atoms with Crippen molar-refractivity contribution in [2.45, 2.75) is 4.90 Å². The summed E-state index contributed by atoms with van der Waals surface area (Å²) in [6.07, 6.45) is 0. The van der Waals surface area contributed by atoms with E-state index in [0.29, 0.717) is 5.75 Å². The molecule has 80 valence electrons. The predicted molar refractivity (Wildman–Crippen MR) is 50.5 cm³/mol. The van der Waals surface area contributed by atoms with Gasteiger partial charge in [-0.3, -0.25) is 4.55 Å². The van der Waals surface area contributed by atoms with Crippen LogP contribution in [0.1, 0.15) is 1.43 Å². The summed E-state index contributed by atoms with van der Waals surface area (Å²) in [4.78, 5) is -0.277. The molecule has 0 amide bonds. The van der Waals surface area contributed by atoms with Crippen LogP contribution in [0.5, 0.6) is 11.5 Å². The van der Waals surface area contributed by atoms with Gasteiger partial charge in [-0.05, 0) is 12.1 Å². The first-order chi connectivity index (χ1) is 6.49. The second kappa shape index (κ2) is 6.19. The van der Waals surface area contributed by atoms with Gasteiger partial charge in [0.2, 0.25) is 0 Å². The second-order valence-corrected chi connectivity index (χ2v) is 3.88. The summed E-state index contributed by atoms with van der Waals surface area (Å²) >= 11 is 0. The average Bonchev–Trinajstić information content (AvgIpc) is 2.15. The van der Waals surface area contributed by atoms with Gasteiger partial charge >= 0.3 is 51.4 Å². The maximum absolute atomic E-state index is 10.8. The summed E-state index contributed by atoms with van der Waals surface area (Å²) in [5.41, 5.74) is 0. The second-order valence-electron chi connectivity index (χ2n) is 2.49. The fraction of sp³-hybridized carbons (Fsp3) is 0.250. The van der Waals surface area contributed by atoms with Crippen molar-refractivity contribution in [1.82, 2.24) is 0 Å². The molecule has 0 saturated carbocycles. The van der Waals surface area contributed by atoms with Gasteiger partial charge in [-0.2, -0.15) is 8.42 Å². The summed E-state index contributed by atoms with van der Waals surface area (Å²) in [5, 5.41) is 0. The van der Waals surface area contributed by atoms with Crippen LogP contribution in [0.2, 0.25) is 0 Å². The van der Waals surface area contributed by atoms with Crippen LogP contribution >= 0.6 is 0 Å². The first-order valence-electron chi connectivity index (χ1n) is 3.68. The molecule has 0 spiro atoms. The third kappa shape index (κ3) is 4.02. The van der Waals surface area contributed by atoms with Gasteiger partial charge in [0.25, 0.3) is 10.1 Å².